The van der Waals surface area contributed by atoms with Crippen LogP contribution < -0.4 is 10.9 Å². The number of aryl methyl sites for hydroxylation is 2. The molecule has 3 aromatic rings. The number of benzene rings is 1. The summed E-state index contributed by atoms with van der Waals surface area (Å²) in [6, 6.07) is 10.1. The molecule has 6 heteroatoms. The standard InChI is InChI=1S/C22H25N3O2S/c1-14-7-8-16-17(13-14)28-22-20(16)21(27)24-18(25-22)9-10-19(26)23-12-11-15-5-3-2-4-6-15/h2-6,14H,7-13H2,1H3,(H,23,26)(H,24,25,27)/t14-/m1/s1. The number of H-pyrrole nitrogens is 1. The lowest BCUT2D eigenvalue weighted by atomic mass is 9.89. The Balaban J connectivity index is 1.37. The average Bonchev–Trinajstić information content (AvgIpc) is 3.05. The van der Waals surface area contributed by atoms with Gasteiger partial charge in [0.1, 0.15) is 10.7 Å². The van der Waals surface area contributed by atoms with Crippen molar-refractivity contribution >= 4 is 27.5 Å². The van der Waals surface area contributed by atoms with Crippen molar-refractivity contribution in [1.82, 2.24) is 15.3 Å². The van der Waals surface area contributed by atoms with Crippen molar-refractivity contribution in [2.75, 3.05) is 6.54 Å². The number of carbonyl (C=O) groups is 1. The topological polar surface area (TPSA) is 74.8 Å². The highest BCUT2D eigenvalue weighted by Gasteiger charge is 2.23. The second kappa shape index (κ2) is 8.27. The molecule has 2 N–H and O–H groups in total. The second-order valence-corrected chi connectivity index (χ2v) is 8.71. The molecule has 5 nitrogen and oxygen atoms in total. The van der Waals surface area contributed by atoms with E-state index in [2.05, 4.69) is 34.3 Å². The molecule has 1 aromatic carbocycles. The molecule has 0 saturated heterocycles. The quantitative estimate of drug-likeness (QED) is 0.672. The minimum absolute atomic E-state index is 0.0158. The van der Waals surface area contributed by atoms with Crippen LogP contribution in [-0.2, 0) is 30.5 Å². The number of carbonyl (C=O) groups excluding carboxylic acids is 1. The first-order valence-electron chi connectivity index (χ1n) is 9.94. The Labute approximate surface area is 168 Å². The van der Waals surface area contributed by atoms with Crippen LogP contribution in [-0.4, -0.2) is 22.4 Å². The Morgan fingerprint density at radius 1 is 1.29 bits per heavy atom. The van der Waals surface area contributed by atoms with Gasteiger partial charge in [0, 0.05) is 24.3 Å². The number of nitrogens with zero attached hydrogens (tertiary/aromatic N) is 1. The molecule has 2 heterocycles. The van der Waals surface area contributed by atoms with Crippen LogP contribution in [0.4, 0.5) is 0 Å². The highest BCUT2D eigenvalue weighted by molar-refractivity contribution is 7.18. The number of rotatable bonds is 6. The second-order valence-electron chi connectivity index (χ2n) is 7.63. The largest absolute Gasteiger partial charge is 0.356 e. The summed E-state index contributed by atoms with van der Waals surface area (Å²) in [6.45, 7) is 2.87. The number of aromatic amines is 1. The molecule has 0 spiro atoms. The third-order valence-corrected chi connectivity index (χ3v) is 6.53. The van der Waals surface area contributed by atoms with Gasteiger partial charge in [-0.1, -0.05) is 37.3 Å². The lowest BCUT2D eigenvalue weighted by Crippen LogP contribution is -2.26. The van der Waals surface area contributed by atoms with E-state index in [0.717, 1.165) is 35.9 Å². The first kappa shape index (κ1) is 18.9. The van der Waals surface area contributed by atoms with Gasteiger partial charge in [0.25, 0.3) is 5.56 Å². The van der Waals surface area contributed by atoms with Gasteiger partial charge in [-0.05, 0) is 42.7 Å². The van der Waals surface area contributed by atoms with Crippen LogP contribution in [0.5, 0.6) is 0 Å². The Morgan fingerprint density at radius 2 is 2.11 bits per heavy atom. The van der Waals surface area contributed by atoms with Gasteiger partial charge in [-0.25, -0.2) is 4.98 Å². The van der Waals surface area contributed by atoms with Crippen molar-refractivity contribution in [3.05, 3.63) is 62.5 Å². The summed E-state index contributed by atoms with van der Waals surface area (Å²) in [6.07, 6.45) is 4.71. The number of aromatic nitrogens is 2. The third-order valence-electron chi connectivity index (χ3n) is 5.38. The predicted molar refractivity (Wildman–Crippen MR) is 113 cm³/mol. The monoisotopic (exact) mass is 395 g/mol. The highest BCUT2D eigenvalue weighted by atomic mass is 32.1. The van der Waals surface area contributed by atoms with Crippen LogP contribution in [0, 0.1) is 5.92 Å². The molecule has 1 amide bonds. The zero-order valence-corrected chi connectivity index (χ0v) is 16.9. The van der Waals surface area contributed by atoms with E-state index in [1.54, 1.807) is 11.3 Å². The van der Waals surface area contributed by atoms with E-state index >= 15 is 0 Å². The minimum atomic E-state index is -0.0588. The molecule has 2 aromatic heterocycles. The molecule has 28 heavy (non-hydrogen) atoms. The molecule has 0 saturated carbocycles. The maximum Gasteiger partial charge on any atom is 0.259 e. The lowest BCUT2D eigenvalue weighted by molar-refractivity contribution is -0.121. The van der Waals surface area contributed by atoms with Crippen LogP contribution in [0.15, 0.2) is 35.1 Å². The van der Waals surface area contributed by atoms with Gasteiger partial charge in [0.15, 0.2) is 0 Å². The van der Waals surface area contributed by atoms with Gasteiger partial charge in [-0.2, -0.15) is 0 Å². The first-order chi connectivity index (χ1) is 13.6. The Kier molecular flexibility index (Phi) is 5.57. The molecule has 4 rings (SSSR count). The van der Waals surface area contributed by atoms with Gasteiger partial charge in [-0.3, -0.25) is 9.59 Å². The minimum Gasteiger partial charge on any atom is -0.356 e. The van der Waals surface area contributed by atoms with E-state index in [9.17, 15) is 9.59 Å². The maximum absolute atomic E-state index is 12.6. The Bertz CT molecular complexity index is 1040. The molecule has 0 aliphatic heterocycles. The van der Waals surface area contributed by atoms with E-state index in [1.165, 1.54) is 16.0 Å². The molecule has 0 unspecified atom stereocenters. The van der Waals surface area contributed by atoms with E-state index in [0.29, 0.717) is 31.1 Å². The van der Waals surface area contributed by atoms with Gasteiger partial charge < -0.3 is 10.3 Å². The third kappa shape index (κ3) is 4.17. The highest BCUT2D eigenvalue weighted by Crippen LogP contribution is 2.35. The van der Waals surface area contributed by atoms with E-state index in [4.69, 9.17) is 0 Å². The molecular formula is C22H25N3O2S. The van der Waals surface area contributed by atoms with E-state index in [1.807, 2.05) is 18.2 Å². The molecule has 1 atom stereocenters. The normalized spacial score (nSPS) is 16.1. The summed E-state index contributed by atoms with van der Waals surface area (Å²) in [5.74, 6) is 1.25. The van der Waals surface area contributed by atoms with Crippen molar-refractivity contribution in [3.8, 4) is 0 Å². The molecule has 146 valence electrons. The summed E-state index contributed by atoms with van der Waals surface area (Å²) in [5.41, 5.74) is 2.34. The zero-order valence-electron chi connectivity index (χ0n) is 16.1. The van der Waals surface area contributed by atoms with E-state index < -0.39 is 0 Å². The molecule has 0 radical (unpaired) electrons. The summed E-state index contributed by atoms with van der Waals surface area (Å²) in [7, 11) is 0. The van der Waals surface area contributed by atoms with Crippen LogP contribution >= 0.6 is 11.3 Å². The fourth-order valence-electron chi connectivity index (χ4n) is 3.82. The zero-order chi connectivity index (χ0) is 19.5. The number of thiophene rings is 1. The van der Waals surface area contributed by atoms with Crippen molar-refractivity contribution in [2.45, 2.75) is 45.4 Å². The van der Waals surface area contributed by atoms with Gasteiger partial charge in [0.2, 0.25) is 5.91 Å². The molecule has 0 bridgehead atoms. The van der Waals surface area contributed by atoms with Gasteiger partial charge >= 0.3 is 0 Å². The fraction of sp³-hybridized carbons (Fsp3) is 0.409. The smallest absolute Gasteiger partial charge is 0.259 e. The molecule has 0 fully saturated rings. The van der Waals surface area contributed by atoms with Crippen LogP contribution in [0.3, 0.4) is 0 Å². The van der Waals surface area contributed by atoms with Crippen LogP contribution in [0.25, 0.3) is 10.2 Å². The number of fused-ring (bicyclic) bond motifs is 3. The fourth-order valence-corrected chi connectivity index (χ4v) is 5.23. The summed E-state index contributed by atoms with van der Waals surface area (Å²) in [4.78, 5) is 34.4. The predicted octanol–water partition coefficient (Wildman–Crippen LogP) is 3.40. The van der Waals surface area contributed by atoms with Crippen molar-refractivity contribution in [3.63, 3.8) is 0 Å². The van der Waals surface area contributed by atoms with Gasteiger partial charge in [0.05, 0.1) is 5.39 Å². The van der Waals surface area contributed by atoms with E-state index in [-0.39, 0.29) is 11.5 Å². The van der Waals surface area contributed by atoms with Crippen LogP contribution in [0.2, 0.25) is 0 Å². The number of nitrogens with one attached hydrogen (secondary N) is 2. The van der Waals surface area contributed by atoms with Crippen LogP contribution in [0.1, 0.15) is 41.6 Å². The first-order valence-corrected chi connectivity index (χ1v) is 10.8. The maximum atomic E-state index is 12.6. The summed E-state index contributed by atoms with van der Waals surface area (Å²) < 4.78 is 0. The summed E-state index contributed by atoms with van der Waals surface area (Å²) in [5, 5.41) is 3.71. The molecular weight excluding hydrogens is 370 g/mol. The SMILES string of the molecule is C[C@@H]1CCc2c(sc3nc(CCC(=O)NCCc4ccccc4)[nH]c(=O)c23)C1. The van der Waals surface area contributed by atoms with Crippen molar-refractivity contribution in [2.24, 2.45) is 5.92 Å². The summed E-state index contributed by atoms with van der Waals surface area (Å²) >= 11 is 1.65. The van der Waals surface area contributed by atoms with Crippen molar-refractivity contribution < 1.29 is 4.79 Å². The number of hydrogen-bond acceptors (Lipinski definition) is 4. The van der Waals surface area contributed by atoms with Gasteiger partial charge in [-0.15, -0.1) is 11.3 Å². The average molecular weight is 396 g/mol. The molecule has 1 aliphatic rings. The number of hydrogen-bond donors (Lipinski definition) is 2. The van der Waals surface area contributed by atoms with Crippen molar-refractivity contribution in [1.29, 1.82) is 0 Å². The molecule has 1 aliphatic carbocycles. The lowest BCUT2D eigenvalue weighted by Gasteiger charge is -2.17. The Morgan fingerprint density at radius 3 is 2.93 bits per heavy atom. The number of amides is 1. The Hall–Kier alpha value is -2.47.